The second kappa shape index (κ2) is 8.69. The lowest BCUT2D eigenvalue weighted by Gasteiger charge is -2.24. The van der Waals surface area contributed by atoms with Gasteiger partial charge in [0.15, 0.2) is 0 Å². The molecule has 0 aliphatic rings. The van der Waals surface area contributed by atoms with Crippen molar-refractivity contribution in [3.63, 3.8) is 0 Å². The van der Waals surface area contributed by atoms with E-state index in [4.69, 9.17) is 5.11 Å². The van der Waals surface area contributed by atoms with Crippen molar-refractivity contribution in [3.05, 3.63) is 78.5 Å². The quantitative estimate of drug-likeness (QED) is 0.297. The third kappa shape index (κ3) is 3.91. The number of nitrogens with zero attached hydrogens (tertiary/aromatic N) is 5. The molecule has 5 rings (SSSR count). The molecule has 0 radical (unpaired) electrons. The zero-order chi connectivity index (χ0) is 23.7. The number of anilines is 1. The molecule has 1 aromatic carbocycles. The van der Waals surface area contributed by atoms with Crippen molar-refractivity contribution in [2.45, 2.75) is 19.1 Å². The molecule has 4 N–H and O–H groups in total. The number of pyridine rings is 1. The Hall–Kier alpha value is -4.08. The zero-order valence-electron chi connectivity index (χ0n) is 18.9. The van der Waals surface area contributed by atoms with E-state index in [1.54, 1.807) is 31.0 Å². The van der Waals surface area contributed by atoms with Crippen molar-refractivity contribution in [2.75, 3.05) is 19.0 Å². The smallest absolute Gasteiger partial charge is 0.223 e. The molecule has 0 bridgehead atoms. The van der Waals surface area contributed by atoms with Crippen molar-refractivity contribution in [1.82, 2.24) is 29.7 Å². The van der Waals surface area contributed by atoms with Crippen LogP contribution in [0.15, 0.2) is 67.3 Å². The van der Waals surface area contributed by atoms with Crippen LogP contribution < -0.4 is 5.32 Å². The summed E-state index contributed by atoms with van der Waals surface area (Å²) in [7, 11) is 1.75. The molecule has 5 aromatic rings. The summed E-state index contributed by atoms with van der Waals surface area (Å²) in [6.07, 6.45) is 7.28. The summed E-state index contributed by atoms with van der Waals surface area (Å²) < 4.78 is 1.69. The Labute approximate surface area is 196 Å². The van der Waals surface area contributed by atoms with Crippen LogP contribution in [0.4, 0.5) is 5.95 Å². The van der Waals surface area contributed by atoms with Gasteiger partial charge in [0.25, 0.3) is 0 Å². The number of rotatable bonds is 7. The molecule has 9 heteroatoms. The maximum absolute atomic E-state index is 11.4. The predicted molar refractivity (Wildman–Crippen MR) is 130 cm³/mol. The number of aliphatic hydroxyl groups is 2. The molecule has 0 unspecified atom stereocenters. The Bertz CT molecular complexity index is 1440. The molecule has 0 aliphatic carbocycles. The molecule has 1 atom stereocenters. The molecule has 0 saturated heterocycles. The van der Waals surface area contributed by atoms with E-state index in [-0.39, 0.29) is 6.61 Å². The molecular weight excluding hydrogens is 430 g/mol. The summed E-state index contributed by atoms with van der Waals surface area (Å²) in [6.45, 7) is 2.19. The standard InChI is InChI=1S/C25H25N7O2/c1-25(34,18-6-4-3-5-7-18)22-11-21(30-24(26-2)31-22)20-14-28-23-19(20)10-16(12-27-23)17-13-29-32(15-17)8-9-33/h3-7,10-15,33-34H,8-9H2,1-2H3,(H,27,28)(H,26,30,31)/t25-/m0/s1. The van der Waals surface area contributed by atoms with Crippen LogP contribution in [-0.2, 0) is 12.1 Å². The van der Waals surface area contributed by atoms with E-state index < -0.39 is 5.60 Å². The summed E-state index contributed by atoms with van der Waals surface area (Å²) >= 11 is 0. The van der Waals surface area contributed by atoms with Crippen LogP contribution >= 0.6 is 0 Å². The van der Waals surface area contributed by atoms with Crippen LogP contribution in [0.5, 0.6) is 0 Å². The zero-order valence-corrected chi connectivity index (χ0v) is 18.9. The van der Waals surface area contributed by atoms with Gasteiger partial charge in [-0.25, -0.2) is 15.0 Å². The average molecular weight is 456 g/mol. The van der Waals surface area contributed by atoms with Gasteiger partial charge in [-0.05, 0) is 24.6 Å². The Morgan fingerprint density at radius 3 is 2.68 bits per heavy atom. The van der Waals surface area contributed by atoms with E-state index in [0.717, 1.165) is 33.3 Å². The topological polar surface area (TPSA) is 125 Å². The van der Waals surface area contributed by atoms with E-state index in [9.17, 15) is 5.11 Å². The minimum Gasteiger partial charge on any atom is -0.394 e. The third-order valence-electron chi connectivity index (χ3n) is 5.89. The van der Waals surface area contributed by atoms with Crippen molar-refractivity contribution in [2.24, 2.45) is 0 Å². The molecule has 9 nitrogen and oxygen atoms in total. The van der Waals surface area contributed by atoms with E-state index >= 15 is 0 Å². The maximum Gasteiger partial charge on any atom is 0.223 e. The molecule has 4 heterocycles. The molecule has 0 amide bonds. The highest BCUT2D eigenvalue weighted by Crippen LogP contribution is 2.34. The normalized spacial score (nSPS) is 13.2. The van der Waals surface area contributed by atoms with Gasteiger partial charge in [-0.2, -0.15) is 5.10 Å². The van der Waals surface area contributed by atoms with Gasteiger partial charge >= 0.3 is 0 Å². The minimum absolute atomic E-state index is 0.0248. The van der Waals surface area contributed by atoms with Crippen LogP contribution in [0.1, 0.15) is 18.2 Å². The lowest BCUT2D eigenvalue weighted by atomic mass is 9.91. The van der Waals surface area contributed by atoms with Gasteiger partial charge in [-0.15, -0.1) is 0 Å². The van der Waals surface area contributed by atoms with Crippen LogP contribution in [0.2, 0.25) is 0 Å². The summed E-state index contributed by atoms with van der Waals surface area (Å²) in [5.41, 5.74) is 3.95. The second-order valence-corrected chi connectivity index (χ2v) is 8.19. The molecule has 0 aliphatic heterocycles. The first-order chi connectivity index (χ1) is 16.5. The fraction of sp³-hybridized carbons (Fsp3) is 0.200. The Morgan fingerprint density at radius 2 is 1.91 bits per heavy atom. The highest BCUT2D eigenvalue weighted by atomic mass is 16.3. The average Bonchev–Trinajstić information content (AvgIpc) is 3.51. The van der Waals surface area contributed by atoms with Crippen molar-refractivity contribution < 1.29 is 10.2 Å². The monoisotopic (exact) mass is 455 g/mol. The van der Waals surface area contributed by atoms with E-state index in [2.05, 4.69) is 30.4 Å². The van der Waals surface area contributed by atoms with Gasteiger partial charge < -0.3 is 20.5 Å². The molecule has 34 heavy (non-hydrogen) atoms. The van der Waals surface area contributed by atoms with Crippen molar-refractivity contribution >= 4 is 17.0 Å². The third-order valence-corrected chi connectivity index (χ3v) is 5.89. The molecule has 0 fully saturated rings. The number of aromatic amines is 1. The first kappa shape index (κ1) is 21.7. The molecule has 4 aromatic heterocycles. The van der Waals surface area contributed by atoms with Crippen LogP contribution in [-0.4, -0.2) is 53.6 Å². The second-order valence-electron chi connectivity index (χ2n) is 8.19. The van der Waals surface area contributed by atoms with Gasteiger partial charge in [0, 0.05) is 47.7 Å². The highest BCUT2D eigenvalue weighted by Gasteiger charge is 2.29. The number of fused-ring (bicyclic) bond motifs is 1. The lowest BCUT2D eigenvalue weighted by molar-refractivity contribution is 0.0974. The van der Waals surface area contributed by atoms with Gasteiger partial charge in [0.1, 0.15) is 11.2 Å². The maximum atomic E-state index is 11.4. The molecule has 0 saturated carbocycles. The summed E-state index contributed by atoms with van der Waals surface area (Å²) in [4.78, 5) is 17.0. The number of aliphatic hydroxyl groups excluding tert-OH is 1. The van der Waals surface area contributed by atoms with E-state index in [0.29, 0.717) is 23.9 Å². The number of H-pyrrole nitrogens is 1. The van der Waals surface area contributed by atoms with Crippen molar-refractivity contribution in [1.29, 1.82) is 0 Å². The van der Waals surface area contributed by atoms with E-state index in [1.165, 1.54) is 0 Å². The number of hydrogen-bond donors (Lipinski definition) is 4. The van der Waals surface area contributed by atoms with Gasteiger partial charge in [0.2, 0.25) is 5.95 Å². The molecule has 0 spiro atoms. The first-order valence-corrected chi connectivity index (χ1v) is 11.0. The summed E-state index contributed by atoms with van der Waals surface area (Å²) in [5.74, 6) is 0.410. The fourth-order valence-corrected chi connectivity index (χ4v) is 3.97. The predicted octanol–water partition coefficient (Wildman–Crippen LogP) is 3.17. The SMILES string of the molecule is CNc1nc(-c2c[nH]c3ncc(-c4cnn(CCO)c4)cc23)cc([C@@](C)(O)c2ccccc2)n1. The van der Waals surface area contributed by atoms with Gasteiger partial charge in [0.05, 0.1) is 30.7 Å². The van der Waals surface area contributed by atoms with Crippen LogP contribution in [0, 0.1) is 0 Å². The number of hydrogen-bond acceptors (Lipinski definition) is 7. The van der Waals surface area contributed by atoms with Gasteiger partial charge in [-0.3, -0.25) is 4.68 Å². The van der Waals surface area contributed by atoms with Crippen LogP contribution in [0.3, 0.4) is 0 Å². The fourth-order valence-electron chi connectivity index (χ4n) is 3.97. The Morgan fingerprint density at radius 1 is 1.09 bits per heavy atom. The van der Waals surface area contributed by atoms with Crippen molar-refractivity contribution in [3.8, 4) is 22.4 Å². The summed E-state index contributed by atoms with van der Waals surface area (Å²) in [6, 6.07) is 13.3. The lowest BCUT2D eigenvalue weighted by Crippen LogP contribution is -2.25. The Kier molecular flexibility index (Phi) is 5.56. The Balaban J connectivity index is 1.61. The molecule has 172 valence electrons. The molecular formula is C25H25N7O2. The largest absolute Gasteiger partial charge is 0.394 e. The number of aromatic nitrogens is 6. The first-order valence-electron chi connectivity index (χ1n) is 11.0. The minimum atomic E-state index is -1.30. The van der Waals surface area contributed by atoms with Gasteiger partial charge in [-0.1, -0.05) is 30.3 Å². The highest BCUT2D eigenvalue weighted by molar-refractivity contribution is 5.95. The van der Waals surface area contributed by atoms with Crippen LogP contribution in [0.25, 0.3) is 33.4 Å². The van der Waals surface area contributed by atoms with E-state index in [1.807, 2.05) is 54.9 Å². The summed E-state index contributed by atoms with van der Waals surface area (Å²) in [5, 5.41) is 28.7. The number of benzene rings is 1. The number of nitrogens with one attached hydrogen (secondary N) is 2.